The van der Waals surface area contributed by atoms with Gasteiger partial charge in [0, 0.05) is 30.4 Å². The summed E-state index contributed by atoms with van der Waals surface area (Å²) in [6.07, 6.45) is 1.77. The van der Waals surface area contributed by atoms with Crippen molar-refractivity contribution in [3.63, 3.8) is 0 Å². The molecule has 0 atom stereocenters. The first-order valence-electron chi connectivity index (χ1n) is 11.4. The summed E-state index contributed by atoms with van der Waals surface area (Å²) in [5.74, 6) is 4.03. The van der Waals surface area contributed by atoms with Crippen LogP contribution < -0.4 is 34.3 Å². The average molecular weight is 493 g/mol. The topological polar surface area (TPSA) is 114 Å². The fourth-order valence-corrected chi connectivity index (χ4v) is 3.98. The van der Waals surface area contributed by atoms with Crippen molar-refractivity contribution >= 4 is 28.6 Å². The summed E-state index contributed by atoms with van der Waals surface area (Å²) in [4.78, 5) is 14.1. The van der Waals surface area contributed by atoms with Gasteiger partial charge in [0.05, 0.1) is 27.7 Å². The van der Waals surface area contributed by atoms with Crippen LogP contribution in [0.15, 0.2) is 36.7 Å². The molecule has 0 unspecified atom stereocenters. The first-order valence-corrected chi connectivity index (χ1v) is 11.4. The lowest BCUT2D eigenvalue weighted by atomic mass is 10.2. The zero-order chi connectivity index (χ0) is 25.2. The van der Waals surface area contributed by atoms with Crippen LogP contribution in [0.5, 0.6) is 28.7 Å². The number of hydrogen-bond acceptors (Lipinski definition) is 10. The predicted molar refractivity (Wildman–Crippen MR) is 135 cm³/mol. The fraction of sp³-hybridized carbons (Fsp3) is 0.320. The molecule has 3 heterocycles. The van der Waals surface area contributed by atoms with E-state index in [-0.39, 0.29) is 12.8 Å². The highest BCUT2D eigenvalue weighted by Crippen LogP contribution is 2.41. The molecule has 1 aliphatic rings. The Labute approximate surface area is 208 Å². The number of methoxy groups -OCH3 is 3. The zero-order valence-electron chi connectivity index (χ0n) is 20.8. The van der Waals surface area contributed by atoms with Gasteiger partial charge in [0.2, 0.25) is 18.5 Å². The van der Waals surface area contributed by atoms with Crippen molar-refractivity contribution in [2.45, 2.75) is 26.4 Å². The lowest BCUT2D eigenvalue weighted by Gasteiger charge is -2.16. The summed E-state index contributed by atoms with van der Waals surface area (Å²) in [5.41, 5.74) is 3.07. The van der Waals surface area contributed by atoms with Crippen molar-refractivity contribution in [2.75, 3.05) is 38.8 Å². The minimum absolute atomic E-state index is 0.167. The quantitative estimate of drug-likeness (QED) is 0.346. The fourth-order valence-electron chi connectivity index (χ4n) is 3.98. The van der Waals surface area contributed by atoms with Crippen molar-refractivity contribution in [1.29, 1.82) is 0 Å². The maximum absolute atomic E-state index is 5.49. The second-order valence-electron chi connectivity index (χ2n) is 8.39. The van der Waals surface area contributed by atoms with Gasteiger partial charge in [-0.25, -0.2) is 4.98 Å². The molecule has 4 aromatic rings. The van der Waals surface area contributed by atoms with E-state index >= 15 is 0 Å². The Bertz CT molecular complexity index is 1380. The summed E-state index contributed by atoms with van der Waals surface area (Å²) in [6.45, 7) is 4.90. The molecule has 0 spiro atoms. The Hall–Kier alpha value is -4.41. The number of rotatable bonds is 9. The lowest BCUT2D eigenvalue weighted by Crippen LogP contribution is -2.08. The Kier molecular flexibility index (Phi) is 6.28. The zero-order valence-corrected chi connectivity index (χ0v) is 20.8. The molecule has 5 rings (SSSR count). The third-order valence-electron chi connectivity index (χ3n) is 5.79. The Balaban J connectivity index is 1.50. The number of hydrogen-bond donors (Lipinski definition) is 2. The van der Waals surface area contributed by atoms with Crippen LogP contribution in [-0.4, -0.2) is 47.6 Å². The van der Waals surface area contributed by atoms with Gasteiger partial charge in [-0.05, 0) is 31.5 Å². The maximum atomic E-state index is 5.49. The highest BCUT2D eigenvalue weighted by atomic mass is 16.7. The number of benzene rings is 2. The second kappa shape index (κ2) is 9.68. The Morgan fingerprint density at radius 1 is 0.972 bits per heavy atom. The van der Waals surface area contributed by atoms with Crippen LogP contribution in [-0.2, 0) is 6.54 Å². The van der Waals surface area contributed by atoms with Gasteiger partial charge in [-0.2, -0.15) is 9.97 Å². The first kappa shape index (κ1) is 23.3. The van der Waals surface area contributed by atoms with E-state index in [1.54, 1.807) is 27.7 Å². The Morgan fingerprint density at radius 3 is 2.42 bits per heavy atom. The van der Waals surface area contributed by atoms with Gasteiger partial charge < -0.3 is 38.9 Å². The maximum Gasteiger partial charge on any atom is 0.231 e. The van der Waals surface area contributed by atoms with E-state index in [0.717, 1.165) is 17.1 Å². The molecule has 2 N–H and O–H groups in total. The number of imidazole rings is 1. The average Bonchev–Trinajstić information content (AvgIpc) is 3.53. The van der Waals surface area contributed by atoms with E-state index in [0.29, 0.717) is 52.4 Å². The molecule has 188 valence electrons. The minimum Gasteiger partial charge on any atom is -0.493 e. The predicted octanol–water partition coefficient (Wildman–Crippen LogP) is 4.52. The van der Waals surface area contributed by atoms with Crippen LogP contribution in [0.1, 0.15) is 25.5 Å². The van der Waals surface area contributed by atoms with Gasteiger partial charge in [0.15, 0.2) is 40.0 Å². The highest BCUT2D eigenvalue weighted by molar-refractivity contribution is 5.87. The molecular formula is C25H28N6O5. The van der Waals surface area contributed by atoms with Crippen molar-refractivity contribution in [2.24, 2.45) is 0 Å². The van der Waals surface area contributed by atoms with E-state index in [2.05, 4.69) is 29.5 Å². The molecule has 0 aliphatic carbocycles. The first-order chi connectivity index (χ1) is 17.5. The van der Waals surface area contributed by atoms with E-state index in [1.807, 2.05) is 34.9 Å². The summed E-state index contributed by atoms with van der Waals surface area (Å²) in [5, 5.41) is 6.67. The van der Waals surface area contributed by atoms with Gasteiger partial charge in [-0.15, -0.1) is 0 Å². The van der Waals surface area contributed by atoms with Crippen LogP contribution in [0.3, 0.4) is 0 Å². The molecule has 0 amide bonds. The molecule has 2 aromatic heterocycles. The number of nitrogens with zero attached hydrogens (tertiary/aromatic N) is 4. The standard InChI is InChI=1S/C25H28N6O5/c1-14(2)31-12-27-21-23(28-16-9-19(32-3)22(34-5)20(10-16)33-4)29-25(30-24(21)31)26-11-15-6-7-17-18(8-15)36-13-35-17/h6-10,12,14H,11,13H2,1-5H3,(H2,26,28,29,30). The number of aromatic nitrogens is 4. The van der Waals surface area contributed by atoms with Crippen molar-refractivity contribution in [3.05, 3.63) is 42.2 Å². The van der Waals surface area contributed by atoms with Crippen molar-refractivity contribution in [1.82, 2.24) is 19.5 Å². The molecule has 0 radical (unpaired) electrons. The second-order valence-corrected chi connectivity index (χ2v) is 8.39. The molecule has 11 nitrogen and oxygen atoms in total. The molecule has 0 fully saturated rings. The van der Waals surface area contributed by atoms with Crippen LogP contribution >= 0.6 is 0 Å². The van der Waals surface area contributed by atoms with Crippen LogP contribution in [0.25, 0.3) is 11.2 Å². The molecular weight excluding hydrogens is 464 g/mol. The van der Waals surface area contributed by atoms with Gasteiger partial charge in [-0.1, -0.05) is 6.07 Å². The summed E-state index contributed by atoms with van der Waals surface area (Å²) in [7, 11) is 4.72. The van der Waals surface area contributed by atoms with Crippen LogP contribution in [0.4, 0.5) is 17.5 Å². The normalized spacial score (nSPS) is 12.2. The van der Waals surface area contributed by atoms with Gasteiger partial charge in [-0.3, -0.25) is 0 Å². The number of anilines is 3. The highest BCUT2D eigenvalue weighted by Gasteiger charge is 2.19. The molecule has 36 heavy (non-hydrogen) atoms. The largest absolute Gasteiger partial charge is 0.493 e. The molecule has 0 saturated heterocycles. The SMILES string of the molecule is COc1cc(Nc2nc(NCc3ccc4c(c3)OCO4)nc3c2ncn3C(C)C)cc(OC)c1OC. The van der Waals surface area contributed by atoms with Crippen molar-refractivity contribution < 1.29 is 23.7 Å². The summed E-state index contributed by atoms with van der Waals surface area (Å²) >= 11 is 0. The van der Waals surface area contributed by atoms with E-state index < -0.39 is 0 Å². The number of nitrogens with one attached hydrogen (secondary N) is 2. The molecule has 1 aliphatic heterocycles. The monoisotopic (exact) mass is 492 g/mol. The van der Waals surface area contributed by atoms with E-state index in [9.17, 15) is 0 Å². The molecule has 0 saturated carbocycles. The third-order valence-corrected chi connectivity index (χ3v) is 5.79. The smallest absolute Gasteiger partial charge is 0.231 e. The number of ether oxygens (including phenoxy) is 5. The lowest BCUT2D eigenvalue weighted by molar-refractivity contribution is 0.174. The molecule has 11 heteroatoms. The summed E-state index contributed by atoms with van der Waals surface area (Å²) in [6, 6.07) is 9.62. The van der Waals surface area contributed by atoms with Crippen LogP contribution in [0, 0.1) is 0 Å². The van der Waals surface area contributed by atoms with Crippen LogP contribution in [0.2, 0.25) is 0 Å². The summed E-state index contributed by atoms with van der Waals surface area (Å²) < 4.78 is 29.3. The van der Waals surface area contributed by atoms with Gasteiger partial charge >= 0.3 is 0 Å². The van der Waals surface area contributed by atoms with Crippen molar-refractivity contribution in [3.8, 4) is 28.7 Å². The molecule has 0 bridgehead atoms. The van der Waals surface area contributed by atoms with Gasteiger partial charge in [0.25, 0.3) is 0 Å². The number of fused-ring (bicyclic) bond motifs is 2. The van der Waals surface area contributed by atoms with E-state index in [4.69, 9.17) is 33.7 Å². The third kappa shape index (κ3) is 4.35. The Morgan fingerprint density at radius 2 is 1.72 bits per heavy atom. The van der Waals surface area contributed by atoms with Gasteiger partial charge in [0.1, 0.15) is 0 Å². The minimum atomic E-state index is 0.167. The molecule has 2 aromatic carbocycles. The van der Waals surface area contributed by atoms with E-state index in [1.165, 1.54) is 0 Å².